The Morgan fingerprint density at radius 3 is 2.69 bits per heavy atom. The van der Waals surface area contributed by atoms with Gasteiger partial charge < -0.3 is 9.52 Å². The number of benzene rings is 1. The second-order valence-electron chi connectivity index (χ2n) is 4.30. The number of para-hydroxylation sites is 1. The molecule has 1 aromatic heterocycles. The predicted molar refractivity (Wildman–Crippen MR) is 62.7 cm³/mol. The summed E-state index contributed by atoms with van der Waals surface area (Å²) < 4.78 is 5.53. The standard InChI is InChI=1S/C13H14O3/c1-8(2)7-11-13(15)12(14)9-5-3-4-6-10(9)16-11/h3-6,8,15H,7H2,1-2H3. The summed E-state index contributed by atoms with van der Waals surface area (Å²) in [6, 6.07) is 6.95. The van der Waals surface area contributed by atoms with Crippen molar-refractivity contribution in [3.63, 3.8) is 0 Å². The van der Waals surface area contributed by atoms with E-state index in [-0.39, 0.29) is 11.2 Å². The number of hydrogen-bond donors (Lipinski definition) is 1. The molecule has 0 aliphatic carbocycles. The fourth-order valence-electron chi connectivity index (χ4n) is 1.69. The Labute approximate surface area is 93.3 Å². The van der Waals surface area contributed by atoms with Crippen molar-refractivity contribution in [2.75, 3.05) is 0 Å². The summed E-state index contributed by atoms with van der Waals surface area (Å²) in [5.74, 6) is 0.446. The maximum absolute atomic E-state index is 11.8. The van der Waals surface area contributed by atoms with Crippen LogP contribution in [0.3, 0.4) is 0 Å². The molecule has 0 radical (unpaired) electrons. The van der Waals surface area contributed by atoms with E-state index in [1.807, 2.05) is 19.9 Å². The SMILES string of the molecule is CC(C)Cc1oc2ccccc2c(=O)c1O. The van der Waals surface area contributed by atoms with Crippen LogP contribution in [0.15, 0.2) is 33.5 Å². The highest BCUT2D eigenvalue weighted by Gasteiger charge is 2.13. The summed E-state index contributed by atoms with van der Waals surface area (Å²) in [6.45, 7) is 4.02. The van der Waals surface area contributed by atoms with Crippen LogP contribution in [0.25, 0.3) is 11.0 Å². The minimum absolute atomic E-state index is 0.257. The normalized spacial score (nSPS) is 11.2. The van der Waals surface area contributed by atoms with Gasteiger partial charge in [0.2, 0.25) is 11.2 Å². The first-order valence-corrected chi connectivity index (χ1v) is 5.33. The summed E-state index contributed by atoms with van der Waals surface area (Å²) >= 11 is 0. The van der Waals surface area contributed by atoms with Crippen LogP contribution in [0, 0.1) is 5.92 Å². The maximum Gasteiger partial charge on any atom is 0.234 e. The zero-order valence-corrected chi connectivity index (χ0v) is 9.36. The van der Waals surface area contributed by atoms with Crippen LogP contribution in [-0.4, -0.2) is 5.11 Å². The highest BCUT2D eigenvalue weighted by atomic mass is 16.4. The minimum Gasteiger partial charge on any atom is -0.502 e. The molecule has 0 saturated heterocycles. The summed E-state index contributed by atoms with van der Waals surface area (Å²) in [6.07, 6.45) is 0.561. The smallest absolute Gasteiger partial charge is 0.234 e. The molecule has 1 aromatic carbocycles. The van der Waals surface area contributed by atoms with E-state index in [0.717, 1.165) is 0 Å². The van der Waals surface area contributed by atoms with Crippen LogP contribution < -0.4 is 5.43 Å². The molecule has 0 saturated carbocycles. The van der Waals surface area contributed by atoms with Crippen molar-refractivity contribution in [2.24, 2.45) is 5.92 Å². The third kappa shape index (κ3) is 1.81. The summed E-state index contributed by atoms with van der Waals surface area (Å²) in [5, 5.41) is 10.2. The monoisotopic (exact) mass is 218 g/mol. The molecule has 2 aromatic rings. The summed E-state index contributed by atoms with van der Waals surface area (Å²) in [4.78, 5) is 11.8. The predicted octanol–water partition coefficient (Wildman–Crippen LogP) is 2.70. The van der Waals surface area contributed by atoms with Gasteiger partial charge in [-0.15, -0.1) is 0 Å². The number of hydrogen-bond acceptors (Lipinski definition) is 3. The zero-order valence-electron chi connectivity index (χ0n) is 9.36. The van der Waals surface area contributed by atoms with Gasteiger partial charge in [0, 0.05) is 6.42 Å². The van der Waals surface area contributed by atoms with Crippen LogP contribution in [0.4, 0.5) is 0 Å². The first-order chi connectivity index (χ1) is 7.59. The van der Waals surface area contributed by atoms with E-state index in [4.69, 9.17) is 4.42 Å². The number of aromatic hydroxyl groups is 1. The van der Waals surface area contributed by atoms with Crippen LogP contribution in [0.1, 0.15) is 19.6 Å². The molecule has 84 valence electrons. The Bertz CT molecular complexity index is 567. The van der Waals surface area contributed by atoms with Crippen molar-refractivity contribution in [3.8, 4) is 5.75 Å². The fraction of sp³-hybridized carbons (Fsp3) is 0.308. The molecule has 0 spiro atoms. The lowest BCUT2D eigenvalue weighted by molar-refractivity contribution is 0.402. The Morgan fingerprint density at radius 2 is 2.00 bits per heavy atom. The van der Waals surface area contributed by atoms with Crippen molar-refractivity contribution in [3.05, 3.63) is 40.2 Å². The van der Waals surface area contributed by atoms with Gasteiger partial charge in [-0.25, -0.2) is 0 Å². The largest absolute Gasteiger partial charge is 0.502 e. The van der Waals surface area contributed by atoms with Crippen molar-refractivity contribution in [1.82, 2.24) is 0 Å². The molecule has 0 unspecified atom stereocenters. The van der Waals surface area contributed by atoms with Crippen LogP contribution in [-0.2, 0) is 6.42 Å². The molecule has 16 heavy (non-hydrogen) atoms. The second-order valence-corrected chi connectivity index (χ2v) is 4.30. The zero-order chi connectivity index (χ0) is 11.7. The van der Waals surface area contributed by atoms with E-state index in [9.17, 15) is 9.90 Å². The molecule has 2 rings (SSSR count). The average molecular weight is 218 g/mol. The molecule has 3 nitrogen and oxygen atoms in total. The van der Waals surface area contributed by atoms with Crippen LogP contribution >= 0.6 is 0 Å². The Hall–Kier alpha value is -1.77. The Morgan fingerprint density at radius 1 is 1.31 bits per heavy atom. The van der Waals surface area contributed by atoms with Crippen LogP contribution in [0.5, 0.6) is 5.75 Å². The Balaban J connectivity index is 2.69. The lowest BCUT2D eigenvalue weighted by Crippen LogP contribution is -2.06. The van der Waals surface area contributed by atoms with E-state index >= 15 is 0 Å². The molecule has 1 N–H and O–H groups in total. The van der Waals surface area contributed by atoms with E-state index in [0.29, 0.717) is 29.1 Å². The van der Waals surface area contributed by atoms with Crippen molar-refractivity contribution < 1.29 is 9.52 Å². The molecule has 0 amide bonds. The van der Waals surface area contributed by atoms with Gasteiger partial charge in [0.05, 0.1) is 5.39 Å². The lowest BCUT2D eigenvalue weighted by atomic mass is 10.1. The van der Waals surface area contributed by atoms with Crippen molar-refractivity contribution in [2.45, 2.75) is 20.3 Å². The lowest BCUT2D eigenvalue weighted by Gasteiger charge is -2.07. The summed E-state index contributed by atoms with van der Waals surface area (Å²) in [7, 11) is 0. The van der Waals surface area contributed by atoms with Gasteiger partial charge in [0.25, 0.3) is 0 Å². The van der Waals surface area contributed by atoms with Gasteiger partial charge in [-0.2, -0.15) is 0 Å². The quantitative estimate of drug-likeness (QED) is 0.843. The van der Waals surface area contributed by atoms with Gasteiger partial charge in [-0.3, -0.25) is 4.79 Å². The van der Waals surface area contributed by atoms with Crippen molar-refractivity contribution >= 4 is 11.0 Å². The van der Waals surface area contributed by atoms with Gasteiger partial charge >= 0.3 is 0 Å². The van der Waals surface area contributed by atoms with E-state index in [1.165, 1.54) is 0 Å². The van der Waals surface area contributed by atoms with E-state index < -0.39 is 0 Å². The first kappa shape index (κ1) is 10.7. The highest BCUT2D eigenvalue weighted by Crippen LogP contribution is 2.21. The van der Waals surface area contributed by atoms with E-state index in [2.05, 4.69) is 0 Å². The van der Waals surface area contributed by atoms with Gasteiger partial charge in [0.1, 0.15) is 5.58 Å². The summed E-state index contributed by atoms with van der Waals surface area (Å²) in [5.41, 5.74) is 0.179. The molecule has 0 aliphatic heterocycles. The van der Waals surface area contributed by atoms with Gasteiger partial charge in [-0.05, 0) is 18.1 Å². The fourth-order valence-corrected chi connectivity index (χ4v) is 1.69. The second kappa shape index (κ2) is 4.00. The van der Waals surface area contributed by atoms with Gasteiger partial charge in [-0.1, -0.05) is 26.0 Å². The van der Waals surface area contributed by atoms with Gasteiger partial charge in [0.15, 0.2) is 5.76 Å². The molecule has 1 heterocycles. The molecule has 0 aliphatic rings. The average Bonchev–Trinajstić information content (AvgIpc) is 2.25. The van der Waals surface area contributed by atoms with Crippen molar-refractivity contribution in [1.29, 1.82) is 0 Å². The molecule has 0 atom stereocenters. The molecule has 0 fully saturated rings. The van der Waals surface area contributed by atoms with E-state index in [1.54, 1.807) is 18.2 Å². The third-order valence-corrected chi connectivity index (χ3v) is 2.44. The number of rotatable bonds is 2. The molecule has 0 bridgehead atoms. The first-order valence-electron chi connectivity index (χ1n) is 5.33. The molecular weight excluding hydrogens is 204 g/mol. The number of fused-ring (bicyclic) bond motifs is 1. The minimum atomic E-state index is -0.350. The highest BCUT2D eigenvalue weighted by molar-refractivity contribution is 5.77. The Kier molecular flexibility index (Phi) is 2.69. The molecular formula is C13H14O3. The topological polar surface area (TPSA) is 50.4 Å². The maximum atomic E-state index is 11.8. The van der Waals surface area contributed by atoms with Crippen LogP contribution in [0.2, 0.25) is 0 Å². The third-order valence-electron chi connectivity index (χ3n) is 2.44. The molecule has 3 heteroatoms.